The number of ether oxygens (including phenoxy) is 1. The Labute approximate surface area is 113 Å². The Morgan fingerprint density at radius 1 is 1.42 bits per heavy atom. The highest BCUT2D eigenvalue weighted by Crippen LogP contribution is 2.31. The largest absolute Gasteiger partial charge is 0.478 e. The predicted molar refractivity (Wildman–Crippen MR) is 72.9 cm³/mol. The van der Waals surface area contributed by atoms with E-state index in [1.165, 1.54) is 0 Å². The van der Waals surface area contributed by atoms with Crippen molar-refractivity contribution >= 4 is 11.7 Å². The van der Waals surface area contributed by atoms with Gasteiger partial charge in [-0.25, -0.2) is 4.79 Å². The summed E-state index contributed by atoms with van der Waals surface area (Å²) in [5, 5.41) is 9.27. The van der Waals surface area contributed by atoms with Gasteiger partial charge in [0.15, 0.2) is 0 Å². The molecule has 1 fully saturated rings. The molecule has 1 unspecified atom stereocenters. The number of carboxylic acids is 1. The molecular formula is C15H19NO3. The zero-order valence-electron chi connectivity index (χ0n) is 11.0. The lowest BCUT2D eigenvalue weighted by molar-refractivity contribution is 0.0695. The van der Waals surface area contributed by atoms with Gasteiger partial charge in [-0.2, -0.15) is 0 Å². The maximum atomic E-state index is 11.3. The lowest BCUT2D eigenvalue weighted by atomic mass is 9.96. The van der Waals surface area contributed by atoms with Crippen molar-refractivity contribution in [3.05, 3.63) is 29.3 Å². The fourth-order valence-electron chi connectivity index (χ4n) is 3.12. The lowest BCUT2D eigenvalue weighted by Gasteiger charge is -2.33. The molecule has 0 spiro atoms. The number of nitrogens with zero attached hydrogens (tertiary/aromatic N) is 1. The number of carboxylic acid groups (broad SMARTS) is 1. The minimum Gasteiger partial charge on any atom is -0.478 e. The van der Waals surface area contributed by atoms with Gasteiger partial charge < -0.3 is 14.7 Å². The molecule has 19 heavy (non-hydrogen) atoms. The minimum absolute atomic E-state index is 0.305. The molecule has 2 aliphatic heterocycles. The Bertz CT molecular complexity index is 480. The van der Waals surface area contributed by atoms with Crippen LogP contribution >= 0.6 is 0 Å². The van der Waals surface area contributed by atoms with Crippen LogP contribution in [0.2, 0.25) is 0 Å². The smallest absolute Gasteiger partial charge is 0.336 e. The van der Waals surface area contributed by atoms with Gasteiger partial charge in [-0.1, -0.05) is 6.07 Å². The van der Waals surface area contributed by atoms with Crippen molar-refractivity contribution in [1.29, 1.82) is 0 Å². The molecule has 1 atom stereocenters. The van der Waals surface area contributed by atoms with Gasteiger partial charge >= 0.3 is 5.97 Å². The molecular weight excluding hydrogens is 242 g/mol. The van der Waals surface area contributed by atoms with Gasteiger partial charge in [0.1, 0.15) is 0 Å². The SMILES string of the molecule is O=C(O)c1cccc2c1CCCN2CC1CCCO1. The molecule has 0 radical (unpaired) electrons. The number of fused-ring (bicyclic) bond motifs is 1. The molecule has 4 heteroatoms. The number of hydrogen-bond acceptors (Lipinski definition) is 3. The third-order valence-electron chi connectivity index (χ3n) is 4.03. The first-order valence-corrected chi connectivity index (χ1v) is 6.97. The van der Waals surface area contributed by atoms with Crippen molar-refractivity contribution in [2.75, 3.05) is 24.6 Å². The van der Waals surface area contributed by atoms with Gasteiger partial charge in [-0.15, -0.1) is 0 Å². The van der Waals surface area contributed by atoms with E-state index >= 15 is 0 Å². The molecule has 3 rings (SSSR count). The molecule has 0 bridgehead atoms. The van der Waals surface area contributed by atoms with E-state index in [2.05, 4.69) is 4.90 Å². The fourth-order valence-corrected chi connectivity index (χ4v) is 3.12. The van der Waals surface area contributed by atoms with Gasteiger partial charge in [0.25, 0.3) is 0 Å². The number of benzene rings is 1. The zero-order chi connectivity index (χ0) is 13.2. The van der Waals surface area contributed by atoms with Gasteiger partial charge in [0, 0.05) is 25.4 Å². The molecule has 1 aromatic carbocycles. The van der Waals surface area contributed by atoms with E-state index in [1.54, 1.807) is 6.07 Å². The molecule has 0 aromatic heterocycles. The zero-order valence-corrected chi connectivity index (χ0v) is 11.0. The second-order valence-corrected chi connectivity index (χ2v) is 5.29. The van der Waals surface area contributed by atoms with Crippen LogP contribution in [0.4, 0.5) is 5.69 Å². The highest BCUT2D eigenvalue weighted by atomic mass is 16.5. The van der Waals surface area contributed by atoms with E-state index in [4.69, 9.17) is 4.74 Å². The standard InChI is InChI=1S/C15H19NO3/c17-15(18)13-5-1-7-14-12(13)6-2-8-16(14)10-11-4-3-9-19-11/h1,5,7,11H,2-4,6,8-10H2,(H,17,18). The quantitative estimate of drug-likeness (QED) is 0.907. The van der Waals surface area contributed by atoms with Crippen molar-refractivity contribution in [2.45, 2.75) is 31.8 Å². The molecule has 1 aromatic rings. The molecule has 2 aliphatic rings. The molecule has 0 amide bonds. The second-order valence-electron chi connectivity index (χ2n) is 5.29. The third kappa shape index (κ3) is 2.45. The average molecular weight is 261 g/mol. The normalized spacial score (nSPS) is 22.3. The van der Waals surface area contributed by atoms with Crippen molar-refractivity contribution < 1.29 is 14.6 Å². The highest BCUT2D eigenvalue weighted by molar-refractivity contribution is 5.91. The summed E-state index contributed by atoms with van der Waals surface area (Å²) in [5.41, 5.74) is 2.52. The van der Waals surface area contributed by atoms with Crippen LogP contribution in [0.3, 0.4) is 0 Å². The maximum absolute atomic E-state index is 11.3. The second kappa shape index (κ2) is 5.21. The van der Waals surface area contributed by atoms with Crippen molar-refractivity contribution in [1.82, 2.24) is 0 Å². The molecule has 1 saturated heterocycles. The maximum Gasteiger partial charge on any atom is 0.336 e. The van der Waals surface area contributed by atoms with Crippen LogP contribution in [0.5, 0.6) is 0 Å². The van der Waals surface area contributed by atoms with Crippen molar-refractivity contribution in [2.24, 2.45) is 0 Å². The molecule has 2 heterocycles. The third-order valence-corrected chi connectivity index (χ3v) is 4.03. The summed E-state index contributed by atoms with van der Waals surface area (Å²) in [6.45, 7) is 2.74. The number of hydrogen-bond donors (Lipinski definition) is 1. The van der Waals surface area contributed by atoms with E-state index in [0.717, 1.165) is 56.6 Å². The fraction of sp³-hybridized carbons (Fsp3) is 0.533. The Morgan fingerprint density at radius 3 is 3.05 bits per heavy atom. The summed E-state index contributed by atoms with van der Waals surface area (Å²) in [6.07, 6.45) is 4.44. The van der Waals surface area contributed by atoms with Crippen molar-refractivity contribution in [3.63, 3.8) is 0 Å². The number of aromatic carboxylic acids is 1. The Morgan fingerprint density at radius 2 is 2.32 bits per heavy atom. The van der Waals surface area contributed by atoms with Gasteiger partial charge in [0.05, 0.1) is 11.7 Å². The summed E-state index contributed by atoms with van der Waals surface area (Å²) in [7, 11) is 0. The summed E-state index contributed by atoms with van der Waals surface area (Å²) < 4.78 is 5.69. The first-order valence-electron chi connectivity index (χ1n) is 6.97. The molecule has 0 aliphatic carbocycles. The summed E-state index contributed by atoms with van der Waals surface area (Å²) in [6, 6.07) is 5.59. The highest BCUT2D eigenvalue weighted by Gasteiger charge is 2.25. The molecule has 4 nitrogen and oxygen atoms in total. The van der Waals surface area contributed by atoms with Gasteiger partial charge in [0.2, 0.25) is 0 Å². The van der Waals surface area contributed by atoms with Crippen LogP contribution in [0.1, 0.15) is 35.2 Å². The lowest BCUT2D eigenvalue weighted by Crippen LogP contribution is -2.36. The number of carbonyl (C=O) groups is 1. The van der Waals surface area contributed by atoms with E-state index in [9.17, 15) is 9.90 Å². The first-order chi connectivity index (χ1) is 9.25. The van der Waals surface area contributed by atoms with Gasteiger partial charge in [-0.05, 0) is 43.4 Å². The van der Waals surface area contributed by atoms with Crippen LogP contribution in [0, 0.1) is 0 Å². The van der Waals surface area contributed by atoms with E-state index in [-0.39, 0.29) is 0 Å². The minimum atomic E-state index is -0.823. The molecule has 102 valence electrons. The van der Waals surface area contributed by atoms with Crippen LogP contribution in [0.15, 0.2) is 18.2 Å². The number of rotatable bonds is 3. The topological polar surface area (TPSA) is 49.8 Å². The Balaban J connectivity index is 1.87. The summed E-state index contributed by atoms with van der Waals surface area (Å²) >= 11 is 0. The van der Waals surface area contributed by atoms with Crippen molar-refractivity contribution in [3.8, 4) is 0 Å². The van der Waals surface area contributed by atoms with E-state index in [1.807, 2.05) is 12.1 Å². The first kappa shape index (κ1) is 12.5. The van der Waals surface area contributed by atoms with E-state index < -0.39 is 5.97 Å². The van der Waals surface area contributed by atoms with Crippen LogP contribution < -0.4 is 4.90 Å². The summed E-state index contributed by atoms with van der Waals surface area (Å²) in [4.78, 5) is 13.6. The van der Waals surface area contributed by atoms with Gasteiger partial charge in [-0.3, -0.25) is 0 Å². The predicted octanol–water partition coefficient (Wildman–Crippen LogP) is 2.32. The van der Waals surface area contributed by atoms with Crippen LogP contribution in [-0.4, -0.2) is 36.9 Å². The van der Waals surface area contributed by atoms with E-state index in [0.29, 0.717) is 11.7 Å². The number of anilines is 1. The molecule has 1 N–H and O–H groups in total. The van der Waals surface area contributed by atoms with Crippen LogP contribution in [0.25, 0.3) is 0 Å². The average Bonchev–Trinajstić information content (AvgIpc) is 2.91. The Hall–Kier alpha value is -1.55. The molecule has 0 saturated carbocycles. The monoisotopic (exact) mass is 261 g/mol. The Kier molecular flexibility index (Phi) is 3.42. The van der Waals surface area contributed by atoms with Crippen LogP contribution in [-0.2, 0) is 11.2 Å². The summed E-state index contributed by atoms with van der Waals surface area (Å²) in [5.74, 6) is -0.823.